The molecule has 2 rings (SSSR count). The van der Waals surface area contributed by atoms with Gasteiger partial charge in [-0.2, -0.15) is 0 Å². The first-order valence-electron chi connectivity index (χ1n) is 6.81. The molecular weight excluding hydrogens is 438 g/mol. The molecule has 0 bridgehead atoms. The van der Waals surface area contributed by atoms with Gasteiger partial charge in [0, 0.05) is 25.5 Å². The van der Waals surface area contributed by atoms with E-state index in [1.807, 2.05) is 10.8 Å². The predicted molar refractivity (Wildman–Crippen MR) is 95.5 cm³/mol. The Kier molecular flexibility index (Phi) is 7.82. The van der Waals surface area contributed by atoms with Crippen LogP contribution in [0.15, 0.2) is 48.0 Å². The molecule has 0 aliphatic carbocycles. The Bertz CT molecular complexity index is 646. The number of halogens is 4. The third-order valence-electron chi connectivity index (χ3n) is 2.79. The molecule has 0 aliphatic rings. The van der Waals surface area contributed by atoms with Crippen molar-refractivity contribution in [3.8, 4) is 5.75 Å². The molecule has 24 heavy (non-hydrogen) atoms. The zero-order chi connectivity index (χ0) is 16.7. The monoisotopic (exact) mass is 455 g/mol. The minimum atomic E-state index is -4.77. The van der Waals surface area contributed by atoms with Gasteiger partial charge in [-0.15, -0.1) is 37.1 Å². The molecule has 1 aromatic heterocycles. The lowest BCUT2D eigenvalue weighted by Gasteiger charge is -2.14. The third-order valence-corrected chi connectivity index (χ3v) is 2.79. The Morgan fingerprint density at radius 3 is 2.75 bits per heavy atom. The maximum Gasteiger partial charge on any atom is 0.573 e. The van der Waals surface area contributed by atoms with Gasteiger partial charge >= 0.3 is 6.36 Å². The van der Waals surface area contributed by atoms with Gasteiger partial charge in [-0.25, -0.2) is 4.98 Å². The molecule has 1 heterocycles. The highest BCUT2D eigenvalue weighted by Gasteiger charge is 2.32. The number of imidazole rings is 1. The van der Waals surface area contributed by atoms with E-state index in [0.29, 0.717) is 6.54 Å². The van der Waals surface area contributed by atoms with Crippen LogP contribution in [-0.4, -0.2) is 28.4 Å². The SMILES string of the molecule is I.NC(=NCCCn1ccnc1)Nc1ccccc1OC(F)(F)F. The van der Waals surface area contributed by atoms with E-state index in [4.69, 9.17) is 5.73 Å². The Hall–Kier alpha value is -1.98. The van der Waals surface area contributed by atoms with Crippen LogP contribution in [0, 0.1) is 0 Å². The number of aryl methyl sites for hydroxylation is 1. The number of nitrogens with two attached hydrogens (primary N) is 1. The van der Waals surface area contributed by atoms with E-state index < -0.39 is 6.36 Å². The number of hydrogen-bond acceptors (Lipinski definition) is 3. The average Bonchev–Trinajstić information content (AvgIpc) is 2.97. The van der Waals surface area contributed by atoms with Crippen LogP contribution in [0.2, 0.25) is 0 Å². The fourth-order valence-corrected chi connectivity index (χ4v) is 1.83. The van der Waals surface area contributed by atoms with Gasteiger partial charge in [-0.05, 0) is 18.6 Å². The lowest BCUT2D eigenvalue weighted by molar-refractivity contribution is -0.274. The molecule has 2 aromatic rings. The summed E-state index contributed by atoms with van der Waals surface area (Å²) in [6, 6.07) is 5.62. The largest absolute Gasteiger partial charge is 0.573 e. The Morgan fingerprint density at radius 2 is 2.08 bits per heavy atom. The van der Waals surface area contributed by atoms with Crippen molar-refractivity contribution in [2.75, 3.05) is 11.9 Å². The fourth-order valence-electron chi connectivity index (χ4n) is 1.83. The molecule has 0 saturated carbocycles. The van der Waals surface area contributed by atoms with E-state index in [1.54, 1.807) is 18.6 Å². The number of anilines is 1. The number of benzene rings is 1. The molecule has 0 fully saturated rings. The minimum absolute atomic E-state index is 0. The predicted octanol–water partition coefficient (Wildman–Crippen LogP) is 3.22. The summed E-state index contributed by atoms with van der Waals surface area (Å²) in [6.45, 7) is 1.16. The summed E-state index contributed by atoms with van der Waals surface area (Å²) in [6.07, 6.45) is 1.15. The van der Waals surface area contributed by atoms with E-state index in [9.17, 15) is 13.2 Å². The van der Waals surface area contributed by atoms with E-state index in [-0.39, 0.29) is 41.4 Å². The fraction of sp³-hybridized carbons (Fsp3) is 0.286. The third kappa shape index (κ3) is 7.06. The first-order chi connectivity index (χ1) is 10.9. The quantitative estimate of drug-likeness (QED) is 0.304. The smallest absolute Gasteiger partial charge is 0.404 e. The van der Waals surface area contributed by atoms with Gasteiger partial charge in [-0.1, -0.05) is 12.1 Å². The van der Waals surface area contributed by atoms with E-state index >= 15 is 0 Å². The van der Waals surface area contributed by atoms with Crippen LogP contribution < -0.4 is 15.8 Å². The lowest BCUT2D eigenvalue weighted by Crippen LogP contribution is -2.24. The second-order valence-electron chi connectivity index (χ2n) is 4.59. The van der Waals surface area contributed by atoms with Crippen LogP contribution in [0.1, 0.15) is 6.42 Å². The molecule has 0 spiro atoms. The van der Waals surface area contributed by atoms with Crippen LogP contribution in [0.3, 0.4) is 0 Å². The summed E-state index contributed by atoms with van der Waals surface area (Å²) in [5.74, 6) is -0.342. The van der Waals surface area contributed by atoms with Crippen molar-refractivity contribution >= 4 is 35.6 Å². The summed E-state index contributed by atoms with van der Waals surface area (Å²) >= 11 is 0. The normalized spacial score (nSPS) is 11.7. The summed E-state index contributed by atoms with van der Waals surface area (Å²) in [7, 11) is 0. The first kappa shape index (κ1) is 20.1. The Balaban J connectivity index is 0.00000288. The van der Waals surface area contributed by atoms with Crippen molar-refractivity contribution in [1.29, 1.82) is 0 Å². The molecule has 6 nitrogen and oxygen atoms in total. The van der Waals surface area contributed by atoms with Crippen molar-refractivity contribution in [2.24, 2.45) is 10.7 Å². The number of aromatic nitrogens is 2. The maximum absolute atomic E-state index is 12.3. The number of para-hydroxylation sites is 2. The number of guanidine groups is 1. The molecule has 0 aliphatic heterocycles. The number of hydrogen-bond donors (Lipinski definition) is 2. The lowest BCUT2D eigenvalue weighted by atomic mass is 10.3. The van der Waals surface area contributed by atoms with Gasteiger partial charge in [0.05, 0.1) is 12.0 Å². The van der Waals surface area contributed by atoms with Crippen molar-refractivity contribution in [3.05, 3.63) is 43.0 Å². The molecule has 10 heteroatoms. The van der Waals surface area contributed by atoms with E-state index in [0.717, 1.165) is 13.0 Å². The molecule has 3 N–H and O–H groups in total. The van der Waals surface area contributed by atoms with Gasteiger partial charge in [0.2, 0.25) is 0 Å². The van der Waals surface area contributed by atoms with Crippen LogP contribution in [0.25, 0.3) is 0 Å². The standard InChI is InChI=1S/C14H16F3N5O.HI/c15-14(16,17)23-12-5-2-1-4-11(12)21-13(18)20-6-3-8-22-9-7-19-10-22;/h1-2,4-5,7,9-10H,3,6,8H2,(H3,18,20,21);1H. The molecule has 1 aromatic carbocycles. The second kappa shape index (κ2) is 9.35. The summed E-state index contributed by atoms with van der Waals surface area (Å²) in [5, 5.41) is 2.61. The number of aliphatic imine (C=N–C) groups is 1. The number of nitrogens with zero attached hydrogens (tertiary/aromatic N) is 3. The molecule has 0 saturated heterocycles. The summed E-state index contributed by atoms with van der Waals surface area (Å²) in [5.41, 5.74) is 5.78. The van der Waals surface area contributed by atoms with Gasteiger partial charge < -0.3 is 20.4 Å². The van der Waals surface area contributed by atoms with Crippen molar-refractivity contribution in [3.63, 3.8) is 0 Å². The Labute approximate surface area is 153 Å². The topological polar surface area (TPSA) is 77.5 Å². The average molecular weight is 455 g/mol. The van der Waals surface area contributed by atoms with Crippen molar-refractivity contribution < 1.29 is 17.9 Å². The minimum Gasteiger partial charge on any atom is -0.404 e. The maximum atomic E-state index is 12.3. The molecule has 132 valence electrons. The summed E-state index contributed by atoms with van der Waals surface area (Å²) in [4.78, 5) is 7.98. The second-order valence-corrected chi connectivity index (χ2v) is 4.59. The van der Waals surface area contributed by atoms with E-state index in [2.05, 4.69) is 20.0 Å². The van der Waals surface area contributed by atoms with Crippen LogP contribution in [0.5, 0.6) is 5.75 Å². The van der Waals surface area contributed by atoms with Crippen molar-refractivity contribution in [1.82, 2.24) is 9.55 Å². The zero-order valence-corrected chi connectivity index (χ0v) is 14.9. The van der Waals surface area contributed by atoms with E-state index in [1.165, 1.54) is 18.2 Å². The van der Waals surface area contributed by atoms with Gasteiger partial charge in [0.15, 0.2) is 11.7 Å². The molecule has 0 amide bonds. The summed E-state index contributed by atoms with van der Waals surface area (Å²) < 4.78 is 42.8. The highest BCUT2D eigenvalue weighted by atomic mass is 127. The van der Waals surface area contributed by atoms with Crippen LogP contribution in [-0.2, 0) is 6.54 Å². The first-order valence-corrected chi connectivity index (χ1v) is 6.81. The van der Waals surface area contributed by atoms with Gasteiger partial charge in [0.1, 0.15) is 0 Å². The highest BCUT2D eigenvalue weighted by Crippen LogP contribution is 2.29. The molecule has 0 atom stereocenters. The van der Waals surface area contributed by atoms with Crippen LogP contribution >= 0.6 is 24.0 Å². The highest BCUT2D eigenvalue weighted by molar-refractivity contribution is 14.0. The van der Waals surface area contributed by atoms with Gasteiger partial charge in [-0.3, -0.25) is 4.99 Å². The zero-order valence-electron chi connectivity index (χ0n) is 12.5. The van der Waals surface area contributed by atoms with Crippen molar-refractivity contribution in [2.45, 2.75) is 19.3 Å². The number of nitrogens with one attached hydrogen (secondary N) is 1. The number of alkyl halides is 3. The van der Waals surface area contributed by atoms with Gasteiger partial charge in [0.25, 0.3) is 0 Å². The molecule has 0 unspecified atom stereocenters. The molecular formula is C14H17F3IN5O. The Morgan fingerprint density at radius 1 is 1.33 bits per heavy atom. The van der Waals surface area contributed by atoms with Crippen LogP contribution in [0.4, 0.5) is 18.9 Å². The number of ether oxygens (including phenoxy) is 1. The number of rotatable bonds is 6. The molecule has 0 radical (unpaired) electrons.